The zero-order chi connectivity index (χ0) is 12.9. The minimum absolute atomic E-state index is 0.00565. The SMILES string of the molecule is Cc1nn(C)c2c1nc(N)n2C1CCCNC1=O. The van der Waals surface area contributed by atoms with Gasteiger partial charge in [0.1, 0.15) is 11.6 Å². The van der Waals surface area contributed by atoms with Crippen LogP contribution in [0.1, 0.15) is 24.6 Å². The number of hydrogen-bond donors (Lipinski definition) is 2. The number of rotatable bonds is 1. The van der Waals surface area contributed by atoms with Crippen LogP contribution in [-0.4, -0.2) is 31.8 Å². The highest BCUT2D eigenvalue weighted by Gasteiger charge is 2.29. The second-order valence-electron chi connectivity index (χ2n) is 4.67. The van der Waals surface area contributed by atoms with Crippen molar-refractivity contribution in [2.24, 2.45) is 7.05 Å². The molecular weight excluding hydrogens is 232 g/mol. The number of aromatic nitrogens is 4. The quantitative estimate of drug-likeness (QED) is 0.749. The molecule has 1 unspecified atom stereocenters. The number of aryl methyl sites for hydroxylation is 2. The molecule has 0 aromatic carbocycles. The highest BCUT2D eigenvalue weighted by atomic mass is 16.2. The van der Waals surface area contributed by atoms with E-state index in [1.54, 1.807) is 9.25 Å². The fraction of sp³-hybridized carbons (Fsp3) is 0.545. The van der Waals surface area contributed by atoms with Gasteiger partial charge >= 0.3 is 0 Å². The van der Waals surface area contributed by atoms with E-state index in [0.717, 1.165) is 36.2 Å². The lowest BCUT2D eigenvalue weighted by atomic mass is 10.1. The standard InChI is InChI=1S/C11H16N6O/c1-6-8-10(16(2)15-6)17(11(12)14-8)7-4-3-5-13-9(7)18/h7H,3-5H2,1-2H3,(H2,12,14)(H,13,18). The van der Waals surface area contributed by atoms with Crippen molar-refractivity contribution in [3.8, 4) is 0 Å². The van der Waals surface area contributed by atoms with E-state index in [0.29, 0.717) is 5.95 Å². The number of nitrogens with two attached hydrogens (primary N) is 1. The Morgan fingerprint density at radius 1 is 1.50 bits per heavy atom. The van der Waals surface area contributed by atoms with E-state index < -0.39 is 0 Å². The Bertz CT molecular complexity index is 625. The molecule has 3 heterocycles. The number of nitrogens with one attached hydrogen (secondary N) is 1. The molecule has 1 saturated heterocycles. The molecule has 96 valence electrons. The Labute approximate surface area is 104 Å². The van der Waals surface area contributed by atoms with Crippen molar-refractivity contribution in [3.05, 3.63) is 5.69 Å². The molecular formula is C11H16N6O. The number of carbonyl (C=O) groups excluding carboxylic acids is 1. The zero-order valence-corrected chi connectivity index (χ0v) is 10.5. The number of anilines is 1. The molecule has 0 saturated carbocycles. The number of nitrogen functional groups attached to an aromatic ring is 1. The molecule has 0 spiro atoms. The summed E-state index contributed by atoms with van der Waals surface area (Å²) < 4.78 is 3.53. The van der Waals surface area contributed by atoms with Gasteiger partial charge in [0.2, 0.25) is 11.9 Å². The van der Waals surface area contributed by atoms with Gasteiger partial charge in [-0.3, -0.25) is 14.0 Å². The van der Waals surface area contributed by atoms with Gasteiger partial charge in [-0.2, -0.15) is 5.10 Å². The van der Waals surface area contributed by atoms with E-state index in [2.05, 4.69) is 15.4 Å². The van der Waals surface area contributed by atoms with E-state index in [-0.39, 0.29) is 11.9 Å². The second kappa shape index (κ2) is 3.72. The monoisotopic (exact) mass is 248 g/mol. The average Bonchev–Trinajstić information content (AvgIpc) is 2.79. The lowest BCUT2D eigenvalue weighted by Gasteiger charge is -2.24. The summed E-state index contributed by atoms with van der Waals surface area (Å²) in [5, 5.41) is 7.18. The topological polar surface area (TPSA) is 90.8 Å². The van der Waals surface area contributed by atoms with E-state index in [1.807, 2.05) is 14.0 Å². The third-order valence-corrected chi connectivity index (χ3v) is 3.43. The molecule has 1 fully saturated rings. The smallest absolute Gasteiger partial charge is 0.243 e. The van der Waals surface area contributed by atoms with Crippen LogP contribution in [-0.2, 0) is 11.8 Å². The third kappa shape index (κ3) is 1.40. The molecule has 3 N–H and O–H groups in total. The Kier molecular flexibility index (Phi) is 2.29. The first-order valence-corrected chi connectivity index (χ1v) is 6.04. The maximum absolute atomic E-state index is 12.0. The first kappa shape index (κ1) is 11.1. The highest BCUT2D eigenvalue weighted by Crippen LogP contribution is 2.28. The van der Waals surface area contributed by atoms with Crippen molar-refractivity contribution in [3.63, 3.8) is 0 Å². The van der Waals surface area contributed by atoms with Gasteiger partial charge in [-0.1, -0.05) is 0 Å². The zero-order valence-electron chi connectivity index (χ0n) is 10.5. The van der Waals surface area contributed by atoms with Crippen LogP contribution in [0, 0.1) is 6.92 Å². The highest BCUT2D eigenvalue weighted by molar-refractivity contribution is 5.85. The van der Waals surface area contributed by atoms with Crippen LogP contribution in [0.2, 0.25) is 0 Å². The van der Waals surface area contributed by atoms with Crippen LogP contribution in [0.15, 0.2) is 0 Å². The van der Waals surface area contributed by atoms with E-state index in [9.17, 15) is 4.79 Å². The van der Waals surface area contributed by atoms with Crippen LogP contribution in [0.5, 0.6) is 0 Å². The molecule has 2 aromatic rings. The van der Waals surface area contributed by atoms with E-state index in [4.69, 9.17) is 5.73 Å². The van der Waals surface area contributed by atoms with Crippen molar-refractivity contribution in [1.29, 1.82) is 0 Å². The molecule has 1 amide bonds. The number of amides is 1. The molecule has 3 rings (SSSR count). The maximum Gasteiger partial charge on any atom is 0.243 e. The van der Waals surface area contributed by atoms with Crippen molar-refractivity contribution >= 4 is 23.0 Å². The summed E-state index contributed by atoms with van der Waals surface area (Å²) in [6.45, 7) is 2.62. The Morgan fingerprint density at radius 3 is 3.00 bits per heavy atom. The Hall–Kier alpha value is -2.05. The predicted molar refractivity (Wildman–Crippen MR) is 66.9 cm³/mol. The summed E-state index contributed by atoms with van der Waals surface area (Å²) in [6.07, 6.45) is 1.73. The van der Waals surface area contributed by atoms with E-state index >= 15 is 0 Å². The first-order chi connectivity index (χ1) is 8.59. The van der Waals surface area contributed by atoms with Crippen LogP contribution >= 0.6 is 0 Å². The van der Waals surface area contributed by atoms with Gasteiger partial charge in [0.25, 0.3) is 0 Å². The summed E-state index contributed by atoms with van der Waals surface area (Å²) >= 11 is 0. The Balaban J connectivity index is 2.21. The van der Waals surface area contributed by atoms with Gasteiger partial charge in [-0.25, -0.2) is 4.98 Å². The molecule has 1 aliphatic heterocycles. The molecule has 1 atom stereocenters. The van der Waals surface area contributed by atoms with Gasteiger partial charge in [-0.05, 0) is 19.8 Å². The minimum Gasteiger partial charge on any atom is -0.369 e. The van der Waals surface area contributed by atoms with Crippen molar-refractivity contribution in [1.82, 2.24) is 24.6 Å². The summed E-state index contributed by atoms with van der Waals surface area (Å²) in [7, 11) is 1.84. The summed E-state index contributed by atoms with van der Waals surface area (Å²) in [6, 6.07) is -0.279. The van der Waals surface area contributed by atoms with Crippen molar-refractivity contribution in [2.45, 2.75) is 25.8 Å². The van der Waals surface area contributed by atoms with Gasteiger partial charge in [0.05, 0.1) is 5.69 Å². The number of hydrogen-bond acceptors (Lipinski definition) is 4. The number of nitrogens with zero attached hydrogens (tertiary/aromatic N) is 4. The summed E-state index contributed by atoms with van der Waals surface area (Å²) in [5.41, 5.74) is 8.37. The molecule has 1 aliphatic rings. The molecule has 0 radical (unpaired) electrons. The van der Waals surface area contributed by atoms with Crippen molar-refractivity contribution in [2.75, 3.05) is 12.3 Å². The second-order valence-corrected chi connectivity index (χ2v) is 4.67. The number of carbonyl (C=O) groups is 1. The fourth-order valence-corrected chi connectivity index (χ4v) is 2.62. The molecule has 18 heavy (non-hydrogen) atoms. The van der Waals surface area contributed by atoms with Gasteiger partial charge in [-0.15, -0.1) is 0 Å². The Morgan fingerprint density at radius 2 is 2.28 bits per heavy atom. The van der Waals surface area contributed by atoms with Gasteiger partial charge in [0, 0.05) is 13.6 Å². The van der Waals surface area contributed by atoms with Crippen LogP contribution in [0.3, 0.4) is 0 Å². The summed E-state index contributed by atoms with van der Waals surface area (Å²) in [4.78, 5) is 16.3. The van der Waals surface area contributed by atoms with Crippen LogP contribution < -0.4 is 11.1 Å². The predicted octanol–water partition coefficient (Wildman–Crippen LogP) is 0.112. The molecule has 2 aromatic heterocycles. The van der Waals surface area contributed by atoms with Crippen LogP contribution in [0.25, 0.3) is 11.2 Å². The molecule has 7 nitrogen and oxygen atoms in total. The fourth-order valence-electron chi connectivity index (χ4n) is 2.62. The largest absolute Gasteiger partial charge is 0.369 e. The molecule has 0 aliphatic carbocycles. The molecule has 7 heteroatoms. The lowest BCUT2D eigenvalue weighted by molar-refractivity contribution is -0.125. The lowest BCUT2D eigenvalue weighted by Crippen LogP contribution is -2.38. The maximum atomic E-state index is 12.0. The summed E-state index contributed by atoms with van der Waals surface area (Å²) in [5.74, 6) is 0.384. The number of piperidine rings is 1. The van der Waals surface area contributed by atoms with Crippen LogP contribution in [0.4, 0.5) is 5.95 Å². The third-order valence-electron chi connectivity index (χ3n) is 3.43. The first-order valence-electron chi connectivity index (χ1n) is 6.04. The van der Waals surface area contributed by atoms with Gasteiger partial charge in [0.15, 0.2) is 5.65 Å². The minimum atomic E-state index is -0.279. The number of imidazole rings is 1. The van der Waals surface area contributed by atoms with E-state index in [1.165, 1.54) is 0 Å². The normalized spacial score (nSPS) is 20.3. The van der Waals surface area contributed by atoms with Crippen molar-refractivity contribution < 1.29 is 4.79 Å². The van der Waals surface area contributed by atoms with Gasteiger partial charge < -0.3 is 11.1 Å². The number of fused-ring (bicyclic) bond motifs is 1. The average molecular weight is 248 g/mol. The molecule has 0 bridgehead atoms.